The summed E-state index contributed by atoms with van der Waals surface area (Å²) in [4.78, 5) is 16.4. The molecule has 0 aliphatic carbocycles. The fourth-order valence-corrected chi connectivity index (χ4v) is 2.35. The molecule has 2 heterocycles. The molecule has 3 rings (SSSR count). The van der Waals surface area contributed by atoms with Gasteiger partial charge in [-0.25, -0.2) is 9.37 Å². The average molecular weight is 313 g/mol. The first-order valence-corrected chi connectivity index (χ1v) is 7.19. The van der Waals surface area contributed by atoms with Crippen LogP contribution in [-0.2, 0) is 6.54 Å². The van der Waals surface area contributed by atoms with E-state index in [4.69, 9.17) is 0 Å². The van der Waals surface area contributed by atoms with Crippen LogP contribution in [0.25, 0.3) is 11.3 Å². The van der Waals surface area contributed by atoms with Crippen LogP contribution < -0.4 is 5.32 Å². The minimum absolute atomic E-state index is 0.0762. The SMILES string of the molecule is C[C@H](Cn1ccnc1)NC(=O)c1cn[nH]c1-c1ccc(F)cc1. The summed E-state index contributed by atoms with van der Waals surface area (Å²) in [6.45, 7) is 2.53. The van der Waals surface area contributed by atoms with Gasteiger partial charge in [0.05, 0.1) is 23.8 Å². The number of H-pyrrole nitrogens is 1. The lowest BCUT2D eigenvalue weighted by Gasteiger charge is -2.14. The maximum atomic E-state index is 13.0. The Morgan fingerprint density at radius 2 is 2.17 bits per heavy atom. The Labute approximate surface area is 132 Å². The summed E-state index contributed by atoms with van der Waals surface area (Å²) < 4.78 is 14.9. The van der Waals surface area contributed by atoms with Crippen molar-refractivity contribution in [1.29, 1.82) is 0 Å². The molecular formula is C16H16FN5O. The van der Waals surface area contributed by atoms with Crippen molar-refractivity contribution in [2.45, 2.75) is 19.5 Å². The molecule has 0 radical (unpaired) electrons. The van der Waals surface area contributed by atoms with Crippen molar-refractivity contribution in [3.63, 3.8) is 0 Å². The van der Waals surface area contributed by atoms with Crippen LogP contribution in [0.3, 0.4) is 0 Å². The summed E-state index contributed by atoms with van der Waals surface area (Å²) in [5.41, 5.74) is 1.70. The lowest BCUT2D eigenvalue weighted by molar-refractivity contribution is 0.0937. The highest BCUT2D eigenvalue weighted by atomic mass is 19.1. The van der Waals surface area contributed by atoms with E-state index in [2.05, 4.69) is 20.5 Å². The van der Waals surface area contributed by atoms with E-state index < -0.39 is 0 Å². The van der Waals surface area contributed by atoms with Crippen LogP contribution >= 0.6 is 0 Å². The Bertz CT molecular complexity index is 779. The number of nitrogens with zero attached hydrogens (tertiary/aromatic N) is 3. The fraction of sp³-hybridized carbons (Fsp3) is 0.188. The van der Waals surface area contributed by atoms with Gasteiger partial charge in [0.25, 0.3) is 5.91 Å². The van der Waals surface area contributed by atoms with E-state index in [1.54, 1.807) is 24.7 Å². The molecule has 2 N–H and O–H groups in total. The second-order valence-electron chi connectivity index (χ2n) is 5.30. The van der Waals surface area contributed by atoms with Crippen LogP contribution in [0.4, 0.5) is 4.39 Å². The summed E-state index contributed by atoms with van der Waals surface area (Å²) in [6.07, 6.45) is 6.70. The summed E-state index contributed by atoms with van der Waals surface area (Å²) in [6, 6.07) is 5.83. The average Bonchev–Trinajstić information content (AvgIpc) is 3.19. The van der Waals surface area contributed by atoms with Gasteiger partial charge in [-0.15, -0.1) is 0 Å². The molecule has 0 unspecified atom stereocenters. The van der Waals surface area contributed by atoms with E-state index >= 15 is 0 Å². The van der Waals surface area contributed by atoms with Crippen molar-refractivity contribution in [2.24, 2.45) is 0 Å². The van der Waals surface area contributed by atoms with Crippen molar-refractivity contribution >= 4 is 5.91 Å². The van der Waals surface area contributed by atoms with E-state index in [1.807, 2.05) is 17.7 Å². The maximum Gasteiger partial charge on any atom is 0.255 e. The monoisotopic (exact) mass is 313 g/mol. The van der Waals surface area contributed by atoms with Crippen LogP contribution in [0.2, 0.25) is 0 Å². The van der Waals surface area contributed by atoms with Crippen molar-refractivity contribution in [1.82, 2.24) is 25.1 Å². The molecule has 0 bridgehead atoms. The van der Waals surface area contributed by atoms with Crippen molar-refractivity contribution < 1.29 is 9.18 Å². The number of aromatic nitrogens is 4. The zero-order valence-corrected chi connectivity index (χ0v) is 12.5. The third-order valence-corrected chi connectivity index (χ3v) is 3.44. The van der Waals surface area contributed by atoms with Gasteiger partial charge in [-0.2, -0.15) is 5.10 Å². The number of benzene rings is 1. The predicted octanol–water partition coefficient (Wildman–Crippen LogP) is 2.23. The summed E-state index contributed by atoms with van der Waals surface area (Å²) in [5.74, 6) is -0.557. The standard InChI is InChI=1S/C16H16FN5O/c1-11(9-22-7-6-18-10-22)20-16(23)14-8-19-21-15(14)12-2-4-13(17)5-3-12/h2-8,10-11H,9H2,1H3,(H,19,21)(H,20,23)/t11-/m1/s1. The summed E-state index contributed by atoms with van der Waals surface area (Å²) >= 11 is 0. The molecular weight excluding hydrogens is 297 g/mol. The molecule has 1 aromatic carbocycles. The number of amides is 1. The number of carbonyl (C=O) groups excluding carboxylic acids is 1. The van der Waals surface area contributed by atoms with E-state index in [-0.39, 0.29) is 17.8 Å². The number of aromatic amines is 1. The van der Waals surface area contributed by atoms with Gasteiger partial charge in [0.15, 0.2) is 0 Å². The third-order valence-electron chi connectivity index (χ3n) is 3.44. The fourth-order valence-electron chi connectivity index (χ4n) is 2.35. The largest absolute Gasteiger partial charge is 0.348 e. The van der Waals surface area contributed by atoms with E-state index in [9.17, 15) is 9.18 Å². The van der Waals surface area contributed by atoms with E-state index in [1.165, 1.54) is 18.3 Å². The molecule has 2 aromatic heterocycles. The van der Waals surface area contributed by atoms with Gasteiger partial charge in [-0.05, 0) is 31.2 Å². The Morgan fingerprint density at radius 3 is 2.87 bits per heavy atom. The number of nitrogens with one attached hydrogen (secondary N) is 2. The molecule has 0 saturated carbocycles. The molecule has 0 aliphatic heterocycles. The molecule has 6 nitrogen and oxygen atoms in total. The number of rotatable bonds is 5. The number of carbonyl (C=O) groups is 1. The highest BCUT2D eigenvalue weighted by Gasteiger charge is 2.17. The molecule has 0 saturated heterocycles. The molecule has 1 atom stereocenters. The van der Waals surface area contributed by atoms with Gasteiger partial charge < -0.3 is 9.88 Å². The highest BCUT2D eigenvalue weighted by molar-refractivity contribution is 5.99. The number of halogens is 1. The van der Waals surface area contributed by atoms with Crippen LogP contribution in [0.5, 0.6) is 0 Å². The molecule has 3 aromatic rings. The second kappa shape index (κ2) is 6.43. The quantitative estimate of drug-likeness (QED) is 0.758. The van der Waals surface area contributed by atoms with E-state index in [0.29, 0.717) is 23.4 Å². The molecule has 0 spiro atoms. The van der Waals surface area contributed by atoms with Crippen molar-refractivity contribution in [3.8, 4) is 11.3 Å². The number of imidazole rings is 1. The number of hydrogen-bond donors (Lipinski definition) is 2. The van der Waals surface area contributed by atoms with Crippen LogP contribution in [0.15, 0.2) is 49.2 Å². The van der Waals surface area contributed by atoms with Crippen molar-refractivity contribution in [3.05, 3.63) is 60.6 Å². The van der Waals surface area contributed by atoms with Crippen LogP contribution in [0, 0.1) is 5.82 Å². The predicted molar refractivity (Wildman–Crippen MR) is 83.1 cm³/mol. The summed E-state index contributed by atoms with van der Waals surface area (Å²) in [5, 5.41) is 9.64. The third kappa shape index (κ3) is 3.45. The Balaban J connectivity index is 1.73. The smallest absolute Gasteiger partial charge is 0.255 e. The topological polar surface area (TPSA) is 75.6 Å². The summed E-state index contributed by atoms with van der Waals surface area (Å²) in [7, 11) is 0. The zero-order chi connectivity index (χ0) is 16.2. The Kier molecular flexibility index (Phi) is 4.18. The normalized spacial score (nSPS) is 12.1. The minimum Gasteiger partial charge on any atom is -0.348 e. The lowest BCUT2D eigenvalue weighted by Crippen LogP contribution is -2.35. The number of hydrogen-bond acceptors (Lipinski definition) is 3. The highest BCUT2D eigenvalue weighted by Crippen LogP contribution is 2.21. The minimum atomic E-state index is -0.326. The van der Waals surface area contributed by atoms with Gasteiger partial charge in [0.1, 0.15) is 5.82 Å². The van der Waals surface area contributed by atoms with Gasteiger partial charge in [-0.3, -0.25) is 9.89 Å². The zero-order valence-electron chi connectivity index (χ0n) is 12.5. The van der Waals surface area contributed by atoms with Crippen LogP contribution in [0.1, 0.15) is 17.3 Å². The first kappa shape index (κ1) is 15.0. The molecule has 7 heteroatoms. The molecule has 23 heavy (non-hydrogen) atoms. The van der Waals surface area contributed by atoms with Gasteiger partial charge >= 0.3 is 0 Å². The molecule has 118 valence electrons. The van der Waals surface area contributed by atoms with Gasteiger partial charge in [0, 0.05) is 30.5 Å². The van der Waals surface area contributed by atoms with Gasteiger partial charge in [0.2, 0.25) is 0 Å². The Morgan fingerprint density at radius 1 is 1.39 bits per heavy atom. The first-order chi connectivity index (χ1) is 11.1. The molecule has 0 fully saturated rings. The maximum absolute atomic E-state index is 13.0. The lowest BCUT2D eigenvalue weighted by atomic mass is 10.1. The van der Waals surface area contributed by atoms with E-state index in [0.717, 1.165) is 0 Å². The molecule has 0 aliphatic rings. The molecule has 1 amide bonds. The van der Waals surface area contributed by atoms with Crippen molar-refractivity contribution in [2.75, 3.05) is 0 Å². The first-order valence-electron chi connectivity index (χ1n) is 7.19. The Hall–Kier alpha value is -2.96. The second-order valence-corrected chi connectivity index (χ2v) is 5.30. The van der Waals surface area contributed by atoms with Gasteiger partial charge in [-0.1, -0.05) is 0 Å². The van der Waals surface area contributed by atoms with Crippen LogP contribution in [-0.4, -0.2) is 31.7 Å².